The number of aromatic nitrogens is 1. The minimum atomic E-state index is -0.146. The number of hydrogen-bond donors (Lipinski definition) is 1. The molecule has 1 N–H and O–H groups in total. The first-order valence-electron chi connectivity index (χ1n) is 8.43. The second-order valence-corrected chi connectivity index (χ2v) is 6.11. The Kier molecular flexibility index (Phi) is 4.19. The van der Waals surface area contributed by atoms with Crippen LogP contribution in [0.1, 0.15) is 26.3 Å². The standard InChI is InChI=1S/C21H17N3O2/c25-20(15-5-2-1-3-6-15)23-18-8-9-19-16(13-18)10-12-24(19)21(26)17-7-4-11-22-14-17/h1-9,11,13-14H,10,12H2,(H,23,25). The lowest BCUT2D eigenvalue weighted by Crippen LogP contribution is -2.28. The lowest BCUT2D eigenvalue weighted by atomic mass is 10.1. The Hall–Kier alpha value is -3.47. The van der Waals surface area contributed by atoms with Crippen molar-refractivity contribution in [2.45, 2.75) is 6.42 Å². The second kappa shape index (κ2) is 6.80. The first-order valence-corrected chi connectivity index (χ1v) is 8.43. The van der Waals surface area contributed by atoms with E-state index in [4.69, 9.17) is 0 Å². The molecule has 1 aliphatic heterocycles. The molecule has 0 unspecified atom stereocenters. The molecular formula is C21H17N3O2. The summed E-state index contributed by atoms with van der Waals surface area (Å²) in [4.78, 5) is 30.7. The molecule has 26 heavy (non-hydrogen) atoms. The van der Waals surface area contributed by atoms with Crippen LogP contribution in [0.2, 0.25) is 0 Å². The van der Waals surface area contributed by atoms with Crippen LogP contribution in [0.15, 0.2) is 73.1 Å². The van der Waals surface area contributed by atoms with E-state index in [9.17, 15) is 9.59 Å². The average Bonchev–Trinajstić information content (AvgIpc) is 3.12. The lowest BCUT2D eigenvalue weighted by Gasteiger charge is -2.17. The van der Waals surface area contributed by atoms with Gasteiger partial charge in [-0.25, -0.2) is 0 Å². The van der Waals surface area contributed by atoms with Gasteiger partial charge in [0.25, 0.3) is 11.8 Å². The van der Waals surface area contributed by atoms with E-state index in [2.05, 4.69) is 10.3 Å². The van der Waals surface area contributed by atoms with E-state index in [1.807, 2.05) is 36.4 Å². The first kappa shape index (κ1) is 16.0. The normalized spacial score (nSPS) is 12.5. The highest BCUT2D eigenvalue weighted by atomic mass is 16.2. The number of carbonyl (C=O) groups is 2. The molecule has 0 fully saturated rings. The van der Waals surface area contributed by atoms with E-state index in [1.54, 1.807) is 41.6 Å². The van der Waals surface area contributed by atoms with Crippen LogP contribution in [-0.4, -0.2) is 23.3 Å². The van der Waals surface area contributed by atoms with Gasteiger partial charge in [0.15, 0.2) is 0 Å². The maximum atomic E-state index is 12.7. The molecule has 1 aliphatic rings. The fourth-order valence-corrected chi connectivity index (χ4v) is 3.13. The number of nitrogens with one attached hydrogen (secondary N) is 1. The third kappa shape index (κ3) is 3.07. The Morgan fingerprint density at radius 3 is 2.54 bits per heavy atom. The Morgan fingerprint density at radius 1 is 0.962 bits per heavy atom. The SMILES string of the molecule is O=C(Nc1ccc2c(c1)CCN2C(=O)c1cccnc1)c1ccccc1. The molecule has 0 aliphatic carbocycles. The number of fused-ring (bicyclic) bond motifs is 1. The monoisotopic (exact) mass is 343 g/mol. The van der Waals surface area contributed by atoms with Crippen LogP contribution in [0.4, 0.5) is 11.4 Å². The van der Waals surface area contributed by atoms with Crippen LogP contribution in [-0.2, 0) is 6.42 Å². The van der Waals surface area contributed by atoms with Crippen molar-refractivity contribution in [2.24, 2.45) is 0 Å². The van der Waals surface area contributed by atoms with Crippen molar-refractivity contribution in [3.8, 4) is 0 Å². The highest BCUT2D eigenvalue weighted by molar-refractivity contribution is 6.08. The summed E-state index contributed by atoms with van der Waals surface area (Å²) < 4.78 is 0. The van der Waals surface area contributed by atoms with E-state index >= 15 is 0 Å². The molecule has 0 radical (unpaired) electrons. The van der Waals surface area contributed by atoms with E-state index < -0.39 is 0 Å². The van der Waals surface area contributed by atoms with Gasteiger partial charge in [0.1, 0.15) is 0 Å². The van der Waals surface area contributed by atoms with Crippen molar-refractivity contribution >= 4 is 23.2 Å². The molecule has 3 aromatic rings. The van der Waals surface area contributed by atoms with Crippen LogP contribution in [0.25, 0.3) is 0 Å². The second-order valence-electron chi connectivity index (χ2n) is 6.11. The zero-order valence-corrected chi connectivity index (χ0v) is 14.1. The summed E-state index contributed by atoms with van der Waals surface area (Å²) in [5.74, 6) is -0.204. The molecule has 0 saturated heterocycles. The molecule has 2 aromatic carbocycles. The Labute approximate surface area is 151 Å². The molecule has 0 spiro atoms. The largest absolute Gasteiger partial charge is 0.322 e. The molecule has 5 heteroatoms. The summed E-state index contributed by atoms with van der Waals surface area (Å²) in [5.41, 5.74) is 3.85. The number of hydrogen-bond acceptors (Lipinski definition) is 3. The highest BCUT2D eigenvalue weighted by Crippen LogP contribution is 2.31. The van der Waals surface area contributed by atoms with Crippen molar-refractivity contribution in [1.29, 1.82) is 0 Å². The van der Waals surface area contributed by atoms with Gasteiger partial charge >= 0.3 is 0 Å². The van der Waals surface area contributed by atoms with Crippen LogP contribution in [0.5, 0.6) is 0 Å². The number of pyridine rings is 1. The smallest absolute Gasteiger partial charge is 0.259 e. The van der Waals surface area contributed by atoms with Crippen molar-refractivity contribution < 1.29 is 9.59 Å². The van der Waals surface area contributed by atoms with Gasteiger partial charge in [0.2, 0.25) is 0 Å². The van der Waals surface area contributed by atoms with Gasteiger partial charge in [-0.05, 0) is 54.4 Å². The van der Waals surface area contributed by atoms with Gasteiger partial charge in [-0.2, -0.15) is 0 Å². The number of rotatable bonds is 3. The highest BCUT2D eigenvalue weighted by Gasteiger charge is 2.26. The first-order chi connectivity index (χ1) is 12.7. The number of amides is 2. The van der Waals surface area contributed by atoms with Gasteiger partial charge in [-0.15, -0.1) is 0 Å². The average molecular weight is 343 g/mol. The summed E-state index contributed by atoms with van der Waals surface area (Å²) in [6.45, 7) is 0.624. The Balaban J connectivity index is 1.53. The molecule has 0 saturated carbocycles. The summed E-state index contributed by atoms with van der Waals surface area (Å²) >= 11 is 0. The number of anilines is 2. The molecule has 2 heterocycles. The fourth-order valence-electron chi connectivity index (χ4n) is 3.13. The predicted octanol–water partition coefficient (Wildman–Crippen LogP) is 3.54. The quantitative estimate of drug-likeness (QED) is 0.791. The fraction of sp³-hybridized carbons (Fsp3) is 0.0952. The maximum absolute atomic E-state index is 12.7. The minimum Gasteiger partial charge on any atom is -0.322 e. The van der Waals surface area contributed by atoms with Gasteiger partial charge in [0, 0.05) is 35.9 Å². The Bertz CT molecular complexity index is 956. The summed E-state index contributed by atoms with van der Waals surface area (Å²) in [6, 6.07) is 18.3. The topological polar surface area (TPSA) is 62.3 Å². The summed E-state index contributed by atoms with van der Waals surface area (Å²) in [6.07, 6.45) is 3.99. The lowest BCUT2D eigenvalue weighted by molar-refractivity contribution is 0.0987. The number of benzene rings is 2. The molecule has 0 bridgehead atoms. The van der Waals surface area contributed by atoms with Gasteiger partial charge < -0.3 is 10.2 Å². The van der Waals surface area contributed by atoms with E-state index in [1.165, 1.54) is 0 Å². The zero-order valence-electron chi connectivity index (χ0n) is 14.1. The minimum absolute atomic E-state index is 0.0575. The van der Waals surface area contributed by atoms with Gasteiger partial charge in [0.05, 0.1) is 5.56 Å². The van der Waals surface area contributed by atoms with Crippen LogP contribution < -0.4 is 10.2 Å². The summed E-state index contributed by atoms with van der Waals surface area (Å²) in [7, 11) is 0. The van der Waals surface area contributed by atoms with Crippen LogP contribution in [0.3, 0.4) is 0 Å². The Morgan fingerprint density at radius 2 is 1.77 bits per heavy atom. The predicted molar refractivity (Wildman–Crippen MR) is 100 cm³/mol. The van der Waals surface area contributed by atoms with Crippen molar-refractivity contribution in [3.63, 3.8) is 0 Å². The third-order valence-electron chi connectivity index (χ3n) is 4.42. The molecule has 128 valence electrons. The van der Waals surface area contributed by atoms with Crippen molar-refractivity contribution in [3.05, 3.63) is 89.7 Å². The molecular weight excluding hydrogens is 326 g/mol. The van der Waals surface area contributed by atoms with Gasteiger partial charge in [-0.3, -0.25) is 14.6 Å². The van der Waals surface area contributed by atoms with E-state index in [0.717, 1.165) is 23.4 Å². The molecule has 5 nitrogen and oxygen atoms in total. The van der Waals surface area contributed by atoms with E-state index in [-0.39, 0.29) is 11.8 Å². The molecule has 4 rings (SSSR count). The van der Waals surface area contributed by atoms with Crippen LogP contribution in [0, 0.1) is 0 Å². The molecule has 2 amide bonds. The molecule has 1 aromatic heterocycles. The number of nitrogens with zero attached hydrogens (tertiary/aromatic N) is 2. The van der Waals surface area contributed by atoms with E-state index in [0.29, 0.717) is 17.7 Å². The van der Waals surface area contributed by atoms with Crippen molar-refractivity contribution in [1.82, 2.24) is 4.98 Å². The van der Waals surface area contributed by atoms with Crippen LogP contribution >= 0.6 is 0 Å². The number of carbonyl (C=O) groups excluding carboxylic acids is 2. The summed E-state index contributed by atoms with van der Waals surface area (Å²) in [5, 5.41) is 2.91. The van der Waals surface area contributed by atoms with Gasteiger partial charge in [-0.1, -0.05) is 18.2 Å². The van der Waals surface area contributed by atoms with Crippen molar-refractivity contribution in [2.75, 3.05) is 16.8 Å². The zero-order chi connectivity index (χ0) is 17.9. The third-order valence-corrected chi connectivity index (χ3v) is 4.42. The maximum Gasteiger partial charge on any atom is 0.259 e. The molecule has 0 atom stereocenters.